The largest absolute Gasteiger partial charge is 0.334 e. The van der Waals surface area contributed by atoms with Crippen LogP contribution < -0.4 is 5.32 Å². The van der Waals surface area contributed by atoms with Crippen LogP contribution in [-0.4, -0.2) is 14.3 Å². The van der Waals surface area contributed by atoms with Gasteiger partial charge in [-0.2, -0.15) is 8.42 Å². The third-order valence-electron chi connectivity index (χ3n) is 3.18. The van der Waals surface area contributed by atoms with E-state index in [0.717, 1.165) is 25.3 Å². The van der Waals surface area contributed by atoms with Gasteiger partial charge in [-0.25, -0.2) is 0 Å². The first kappa shape index (κ1) is 17.6. The van der Waals surface area contributed by atoms with Crippen LogP contribution in [0, 0.1) is 0 Å². The van der Waals surface area contributed by atoms with Crippen molar-refractivity contribution in [3.8, 4) is 0 Å². The topological polar surface area (TPSA) is 63.2 Å². The molecule has 0 aliphatic heterocycles. The van der Waals surface area contributed by atoms with Crippen LogP contribution in [0.5, 0.6) is 0 Å². The molecule has 118 valence electrons. The molecule has 21 heavy (non-hydrogen) atoms. The first-order valence-electron chi connectivity index (χ1n) is 7.28. The molecule has 0 bridgehead atoms. The number of amides is 1. The van der Waals surface area contributed by atoms with Crippen molar-refractivity contribution < 1.29 is 17.1 Å². The summed E-state index contributed by atoms with van der Waals surface area (Å²) < 4.78 is 35.0. The standard InChI is InChI=1S/C15H22FNO3S/c1-2-3-4-5-6-7-12-15(18)17-13-10-8-9-11-14(13)21(16,19)20/h8-11H,2-7,12H2,1H3,(H,17,18). The number of rotatable bonds is 9. The molecule has 0 fully saturated rings. The lowest BCUT2D eigenvalue weighted by Gasteiger charge is -2.08. The Balaban J connectivity index is 2.45. The first-order chi connectivity index (χ1) is 9.95. The third-order valence-corrected chi connectivity index (χ3v) is 4.06. The van der Waals surface area contributed by atoms with Crippen LogP contribution in [0.15, 0.2) is 29.2 Å². The molecule has 0 heterocycles. The van der Waals surface area contributed by atoms with E-state index in [-0.39, 0.29) is 11.6 Å². The van der Waals surface area contributed by atoms with E-state index in [1.54, 1.807) is 6.07 Å². The van der Waals surface area contributed by atoms with Gasteiger partial charge in [-0.3, -0.25) is 4.79 Å². The zero-order chi connectivity index (χ0) is 15.7. The van der Waals surface area contributed by atoms with Crippen LogP contribution in [0.1, 0.15) is 51.9 Å². The SMILES string of the molecule is CCCCCCCCC(=O)Nc1ccccc1S(=O)(=O)F. The second-order valence-corrected chi connectivity index (χ2v) is 6.32. The van der Waals surface area contributed by atoms with Crippen LogP contribution >= 0.6 is 0 Å². The fourth-order valence-electron chi connectivity index (χ4n) is 2.06. The highest BCUT2D eigenvalue weighted by atomic mass is 32.3. The predicted molar refractivity (Wildman–Crippen MR) is 81.4 cm³/mol. The Morgan fingerprint density at radius 3 is 2.38 bits per heavy atom. The molecule has 0 saturated carbocycles. The van der Waals surface area contributed by atoms with E-state index < -0.39 is 15.1 Å². The number of hydrogen-bond donors (Lipinski definition) is 1. The minimum atomic E-state index is -4.83. The van der Waals surface area contributed by atoms with Crippen LogP contribution in [-0.2, 0) is 15.0 Å². The molecule has 6 heteroatoms. The molecule has 0 atom stereocenters. The summed E-state index contributed by atoms with van der Waals surface area (Å²) >= 11 is 0. The van der Waals surface area contributed by atoms with E-state index >= 15 is 0 Å². The molecule has 0 aliphatic rings. The Bertz CT molecular complexity index is 558. The Kier molecular flexibility index (Phi) is 7.36. The van der Waals surface area contributed by atoms with E-state index in [9.17, 15) is 17.1 Å². The number of hydrogen-bond acceptors (Lipinski definition) is 3. The summed E-state index contributed by atoms with van der Waals surface area (Å²) in [6, 6.07) is 5.48. The Morgan fingerprint density at radius 1 is 1.10 bits per heavy atom. The second kappa shape index (κ2) is 8.77. The van der Waals surface area contributed by atoms with Crippen molar-refractivity contribution >= 4 is 21.8 Å². The van der Waals surface area contributed by atoms with Crippen LogP contribution in [0.4, 0.5) is 9.57 Å². The summed E-state index contributed by atoms with van der Waals surface area (Å²) in [5, 5.41) is 2.46. The van der Waals surface area contributed by atoms with Gasteiger partial charge < -0.3 is 5.32 Å². The summed E-state index contributed by atoms with van der Waals surface area (Å²) in [7, 11) is -4.83. The smallest absolute Gasteiger partial charge is 0.325 e. The minimum absolute atomic E-state index is 0.00372. The van der Waals surface area contributed by atoms with E-state index in [4.69, 9.17) is 0 Å². The summed E-state index contributed by atoms with van der Waals surface area (Å²) in [5.74, 6) is -0.290. The fraction of sp³-hybridized carbons (Fsp3) is 0.533. The molecule has 0 unspecified atom stereocenters. The van der Waals surface area contributed by atoms with Gasteiger partial charge in [-0.15, -0.1) is 3.89 Å². The van der Waals surface area contributed by atoms with E-state index in [1.807, 2.05) is 0 Å². The number of para-hydroxylation sites is 1. The molecule has 1 amide bonds. The summed E-state index contributed by atoms with van der Waals surface area (Å²) in [6.45, 7) is 2.14. The van der Waals surface area contributed by atoms with Gasteiger partial charge >= 0.3 is 10.2 Å². The number of anilines is 1. The number of benzene rings is 1. The van der Waals surface area contributed by atoms with Gasteiger partial charge in [-0.1, -0.05) is 51.2 Å². The molecule has 1 rings (SSSR count). The van der Waals surface area contributed by atoms with Gasteiger partial charge in [0.25, 0.3) is 0 Å². The maximum absolute atomic E-state index is 13.1. The summed E-state index contributed by atoms with van der Waals surface area (Å²) in [5.41, 5.74) is -0.00372. The average Bonchev–Trinajstić information content (AvgIpc) is 2.42. The molecule has 4 nitrogen and oxygen atoms in total. The number of carbonyl (C=O) groups excluding carboxylic acids is 1. The summed E-state index contributed by atoms with van der Waals surface area (Å²) in [6.07, 6.45) is 6.67. The van der Waals surface area contributed by atoms with Crippen LogP contribution in [0.3, 0.4) is 0 Å². The van der Waals surface area contributed by atoms with Crippen molar-refractivity contribution in [3.63, 3.8) is 0 Å². The Hall–Kier alpha value is -1.43. The lowest BCUT2D eigenvalue weighted by atomic mass is 10.1. The van der Waals surface area contributed by atoms with E-state index in [2.05, 4.69) is 12.2 Å². The van der Waals surface area contributed by atoms with Gasteiger partial charge in [0, 0.05) is 6.42 Å². The third kappa shape index (κ3) is 6.71. The van der Waals surface area contributed by atoms with Gasteiger partial charge in [-0.05, 0) is 18.6 Å². The normalized spacial score (nSPS) is 11.3. The first-order valence-corrected chi connectivity index (χ1v) is 8.67. The Morgan fingerprint density at radius 2 is 1.71 bits per heavy atom. The molecule has 0 aliphatic carbocycles. The highest BCUT2D eigenvalue weighted by Gasteiger charge is 2.17. The molecule has 0 aromatic heterocycles. The van der Waals surface area contributed by atoms with Crippen molar-refractivity contribution in [2.75, 3.05) is 5.32 Å². The predicted octanol–water partition coefficient (Wildman–Crippen LogP) is 4.03. The molecule has 1 aromatic carbocycles. The van der Waals surface area contributed by atoms with Crippen LogP contribution in [0.25, 0.3) is 0 Å². The number of unbranched alkanes of at least 4 members (excludes halogenated alkanes) is 5. The number of nitrogens with one attached hydrogen (secondary N) is 1. The fourth-order valence-corrected chi connectivity index (χ4v) is 2.68. The lowest BCUT2D eigenvalue weighted by Crippen LogP contribution is -2.13. The summed E-state index contributed by atoms with van der Waals surface area (Å²) in [4.78, 5) is 11.3. The van der Waals surface area contributed by atoms with E-state index in [1.165, 1.54) is 31.4 Å². The molecule has 0 radical (unpaired) electrons. The van der Waals surface area contributed by atoms with E-state index in [0.29, 0.717) is 6.42 Å². The molecular weight excluding hydrogens is 293 g/mol. The quantitative estimate of drug-likeness (QED) is 0.552. The van der Waals surface area contributed by atoms with Gasteiger partial charge in [0.1, 0.15) is 4.90 Å². The molecule has 0 spiro atoms. The molecule has 0 saturated heterocycles. The Labute approximate surface area is 126 Å². The number of carbonyl (C=O) groups is 1. The average molecular weight is 315 g/mol. The maximum atomic E-state index is 13.1. The van der Waals surface area contributed by atoms with Gasteiger partial charge in [0.2, 0.25) is 5.91 Å². The molecule has 1 N–H and O–H groups in total. The van der Waals surface area contributed by atoms with Crippen molar-refractivity contribution in [1.82, 2.24) is 0 Å². The molecule has 1 aromatic rings. The number of halogens is 1. The van der Waals surface area contributed by atoms with Crippen molar-refractivity contribution in [2.24, 2.45) is 0 Å². The second-order valence-electron chi connectivity index (χ2n) is 5.00. The maximum Gasteiger partial charge on any atom is 0.334 e. The van der Waals surface area contributed by atoms with Crippen molar-refractivity contribution in [2.45, 2.75) is 56.8 Å². The highest BCUT2D eigenvalue weighted by Crippen LogP contribution is 2.22. The molecular formula is C15H22FNO3S. The zero-order valence-electron chi connectivity index (χ0n) is 12.3. The highest BCUT2D eigenvalue weighted by molar-refractivity contribution is 7.86. The van der Waals surface area contributed by atoms with Crippen molar-refractivity contribution in [3.05, 3.63) is 24.3 Å². The lowest BCUT2D eigenvalue weighted by molar-refractivity contribution is -0.116. The van der Waals surface area contributed by atoms with Crippen molar-refractivity contribution in [1.29, 1.82) is 0 Å². The van der Waals surface area contributed by atoms with Gasteiger partial charge in [0.15, 0.2) is 0 Å². The van der Waals surface area contributed by atoms with Gasteiger partial charge in [0.05, 0.1) is 5.69 Å². The zero-order valence-corrected chi connectivity index (χ0v) is 13.1. The minimum Gasteiger partial charge on any atom is -0.325 e. The van der Waals surface area contributed by atoms with Crippen LogP contribution in [0.2, 0.25) is 0 Å². The monoisotopic (exact) mass is 315 g/mol.